The number of hydrogen-bond acceptors (Lipinski definition) is 4. The van der Waals surface area contributed by atoms with E-state index in [9.17, 15) is 0 Å². The van der Waals surface area contributed by atoms with Gasteiger partial charge in [-0.15, -0.1) is 0 Å². The maximum Gasteiger partial charge on any atom is 0.223 e. The Bertz CT molecular complexity index is 594. The minimum atomic E-state index is 0.412. The Kier molecular flexibility index (Phi) is 3.07. The average Bonchev–Trinajstić information content (AvgIpc) is 3.22. The number of ether oxygens (including phenoxy) is 1. The second kappa shape index (κ2) is 4.88. The summed E-state index contributed by atoms with van der Waals surface area (Å²) in [6.07, 6.45) is 2.75. The fourth-order valence-electron chi connectivity index (χ4n) is 1.94. The normalized spacial score (nSPS) is 14.2. The average molecular weight is 255 g/mol. The Labute approximate surface area is 112 Å². The molecule has 1 fully saturated rings. The number of nitrogens with one attached hydrogen (secondary N) is 1. The SMILES string of the molecule is CNc1nc(C)cc(-c2cccc(OC3CC3)c2)n1. The van der Waals surface area contributed by atoms with Gasteiger partial charge >= 0.3 is 0 Å². The molecule has 1 heterocycles. The van der Waals surface area contributed by atoms with E-state index in [1.165, 1.54) is 12.8 Å². The van der Waals surface area contributed by atoms with Crippen molar-refractivity contribution in [1.29, 1.82) is 0 Å². The molecular weight excluding hydrogens is 238 g/mol. The lowest BCUT2D eigenvalue weighted by molar-refractivity contribution is 0.303. The molecule has 1 aromatic carbocycles. The smallest absolute Gasteiger partial charge is 0.223 e. The van der Waals surface area contributed by atoms with Crippen LogP contribution in [0.25, 0.3) is 11.3 Å². The zero-order chi connectivity index (χ0) is 13.2. The van der Waals surface area contributed by atoms with Gasteiger partial charge in [-0.1, -0.05) is 12.1 Å². The maximum atomic E-state index is 5.82. The van der Waals surface area contributed by atoms with Crippen molar-refractivity contribution in [2.75, 3.05) is 12.4 Å². The van der Waals surface area contributed by atoms with Gasteiger partial charge in [-0.2, -0.15) is 0 Å². The van der Waals surface area contributed by atoms with E-state index in [4.69, 9.17) is 4.74 Å². The zero-order valence-electron chi connectivity index (χ0n) is 11.2. The molecule has 1 aliphatic rings. The maximum absolute atomic E-state index is 5.82. The van der Waals surface area contributed by atoms with Gasteiger partial charge in [0.15, 0.2) is 0 Å². The molecule has 2 aromatic rings. The van der Waals surface area contributed by atoms with E-state index in [2.05, 4.69) is 15.3 Å². The van der Waals surface area contributed by atoms with Crippen LogP contribution in [0.4, 0.5) is 5.95 Å². The van der Waals surface area contributed by atoms with Crippen LogP contribution in [0.2, 0.25) is 0 Å². The fourth-order valence-corrected chi connectivity index (χ4v) is 1.94. The van der Waals surface area contributed by atoms with Crippen LogP contribution in [-0.4, -0.2) is 23.1 Å². The molecule has 1 N–H and O–H groups in total. The number of benzene rings is 1. The number of anilines is 1. The van der Waals surface area contributed by atoms with Crippen molar-refractivity contribution in [2.24, 2.45) is 0 Å². The molecule has 0 bridgehead atoms. The van der Waals surface area contributed by atoms with E-state index in [1.807, 2.05) is 44.3 Å². The van der Waals surface area contributed by atoms with Gasteiger partial charge in [0.2, 0.25) is 5.95 Å². The van der Waals surface area contributed by atoms with Gasteiger partial charge in [-0.3, -0.25) is 0 Å². The molecule has 0 atom stereocenters. The molecule has 98 valence electrons. The summed E-state index contributed by atoms with van der Waals surface area (Å²) < 4.78 is 5.82. The molecule has 0 unspecified atom stereocenters. The first-order valence-electron chi connectivity index (χ1n) is 6.55. The summed E-state index contributed by atoms with van der Waals surface area (Å²) in [7, 11) is 1.82. The summed E-state index contributed by atoms with van der Waals surface area (Å²) in [6, 6.07) is 10.1. The minimum absolute atomic E-state index is 0.412. The van der Waals surface area contributed by atoms with Crippen molar-refractivity contribution < 1.29 is 4.74 Å². The molecule has 0 aliphatic heterocycles. The summed E-state index contributed by atoms with van der Waals surface area (Å²) in [6.45, 7) is 1.97. The van der Waals surface area contributed by atoms with E-state index in [-0.39, 0.29) is 0 Å². The van der Waals surface area contributed by atoms with Crippen molar-refractivity contribution >= 4 is 5.95 Å². The first-order valence-corrected chi connectivity index (χ1v) is 6.55. The highest BCUT2D eigenvalue weighted by molar-refractivity contribution is 5.62. The van der Waals surface area contributed by atoms with Crippen molar-refractivity contribution in [2.45, 2.75) is 25.9 Å². The van der Waals surface area contributed by atoms with Gasteiger partial charge in [0, 0.05) is 18.3 Å². The molecular formula is C15H17N3O. The van der Waals surface area contributed by atoms with Crippen LogP contribution in [0.1, 0.15) is 18.5 Å². The van der Waals surface area contributed by atoms with Gasteiger partial charge in [0.1, 0.15) is 5.75 Å². The monoisotopic (exact) mass is 255 g/mol. The molecule has 3 rings (SSSR count). The van der Waals surface area contributed by atoms with E-state index >= 15 is 0 Å². The minimum Gasteiger partial charge on any atom is -0.490 e. The highest BCUT2D eigenvalue weighted by atomic mass is 16.5. The van der Waals surface area contributed by atoms with Crippen LogP contribution < -0.4 is 10.1 Å². The van der Waals surface area contributed by atoms with Crippen LogP contribution >= 0.6 is 0 Å². The fraction of sp³-hybridized carbons (Fsp3) is 0.333. The number of hydrogen-bond donors (Lipinski definition) is 1. The van der Waals surface area contributed by atoms with Gasteiger partial charge in [-0.05, 0) is 38.0 Å². The Hall–Kier alpha value is -2.10. The summed E-state index contributed by atoms with van der Waals surface area (Å²) in [5.41, 5.74) is 2.92. The van der Waals surface area contributed by atoms with E-state index < -0.39 is 0 Å². The molecule has 1 aromatic heterocycles. The van der Waals surface area contributed by atoms with Gasteiger partial charge in [0.05, 0.1) is 11.8 Å². The molecule has 19 heavy (non-hydrogen) atoms. The second-order valence-corrected chi connectivity index (χ2v) is 4.81. The number of nitrogens with zero attached hydrogens (tertiary/aromatic N) is 2. The third-order valence-electron chi connectivity index (χ3n) is 3.03. The Morgan fingerprint density at radius 2 is 2.05 bits per heavy atom. The lowest BCUT2D eigenvalue weighted by Crippen LogP contribution is -2.00. The third-order valence-corrected chi connectivity index (χ3v) is 3.03. The number of aromatic nitrogens is 2. The molecule has 1 aliphatic carbocycles. The van der Waals surface area contributed by atoms with E-state index in [0.29, 0.717) is 12.1 Å². The molecule has 0 amide bonds. The first kappa shape index (κ1) is 12.0. The molecule has 4 heteroatoms. The van der Waals surface area contributed by atoms with Crippen LogP contribution in [0, 0.1) is 6.92 Å². The highest BCUT2D eigenvalue weighted by Gasteiger charge is 2.23. The molecule has 0 radical (unpaired) electrons. The van der Waals surface area contributed by atoms with Crippen LogP contribution in [0.15, 0.2) is 30.3 Å². The Morgan fingerprint density at radius 1 is 1.21 bits per heavy atom. The summed E-state index contributed by atoms with van der Waals surface area (Å²) in [5.74, 6) is 1.56. The van der Waals surface area contributed by atoms with E-state index in [0.717, 1.165) is 22.7 Å². The number of aryl methyl sites for hydroxylation is 1. The summed E-state index contributed by atoms with van der Waals surface area (Å²) >= 11 is 0. The standard InChI is InChI=1S/C15H17N3O/c1-10-8-14(18-15(16-2)17-10)11-4-3-5-13(9-11)19-12-6-7-12/h3-5,8-9,12H,6-7H2,1-2H3,(H,16,17,18). The quantitative estimate of drug-likeness (QED) is 0.912. The predicted octanol–water partition coefficient (Wildman–Crippen LogP) is 3.03. The van der Waals surface area contributed by atoms with Crippen LogP contribution in [0.3, 0.4) is 0 Å². The molecule has 0 saturated heterocycles. The first-order chi connectivity index (χ1) is 9.24. The van der Waals surface area contributed by atoms with Crippen molar-refractivity contribution in [3.05, 3.63) is 36.0 Å². The largest absolute Gasteiger partial charge is 0.490 e. The van der Waals surface area contributed by atoms with Crippen LogP contribution in [0.5, 0.6) is 5.75 Å². The zero-order valence-corrected chi connectivity index (χ0v) is 11.2. The highest BCUT2D eigenvalue weighted by Crippen LogP contribution is 2.29. The predicted molar refractivity (Wildman–Crippen MR) is 75.4 cm³/mol. The topological polar surface area (TPSA) is 47.0 Å². The lowest BCUT2D eigenvalue weighted by Gasteiger charge is -2.08. The van der Waals surface area contributed by atoms with Crippen molar-refractivity contribution in [3.8, 4) is 17.0 Å². The van der Waals surface area contributed by atoms with Crippen molar-refractivity contribution in [1.82, 2.24) is 9.97 Å². The van der Waals surface area contributed by atoms with Crippen LogP contribution in [-0.2, 0) is 0 Å². The Balaban J connectivity index is 1.93. The molecule has 4 nitrogen and oxygen atoms in total. The Morgan fingerprint density at radius 3 is 2.79 bits per heavy atom. The second-order valence-electron chi connectivity index (χ2n) is 4.81. The molecule has 1 saturated carbocycles. The molecule has 0 spiro atoms. The summed E-state index contributed by atoms with van der Waals surface area (Å²) in [5, 5.41) is 2.98. The lowest BCUT2D eigenvalue weighted by atomic mass is 10.1. The number of rotatable bonds is 4. The summed E-state index contributed by atoms with van der Waals surface area (Å²) in [4.78, 5) is 8.79. The third kappa shape index (κ3) is 2.84. The van der Waals surface area contributed by atoms with Gasteiger partial charge in [-0.25, -0.2) is 9.97 Å². The van der Waals surface area contributed by atoms with E-state index in [1.54, 1.807) is 0 Å². The van der Waals surface area contributed by atoms with Gasteiger partial charge in [0.25, 0.3) is 0 Å². The van der Waals surface area contributed by atoms with Crippen molar-refractivity contribution in [3.63, 3.8) is 0 Å². The van der Waals surface area contributed by atoms with Gasteiger partial charge < -0.3 is 10.1 Å².